The summed E-state index contributed by atoms with van der Waals surface area (Å²) in [6, 6.07) is 2.10. The highest BCUT2D eigenvalue weighted by atomic mass is 16.5. The molecule has 4 heteroatoms. The first-order valence-electron chi connectivity index (χ1n) is 4.19. The van der Waals surface area contributed by atoms with E-state index in [-0.39, 0.29) is 25.6 Å². The van der Waals surface area contributed by atoms with Crippen LogP contribution in [0.5, 0.6) is 0 Å². The predicted molar refractivity (Wildman–Crippen MR) is 46.7 cm³/mol. The Kier molecular flexibility index (Phi) is 5.09. The lowest BCUT2D eigenvalue weighted by Gasteiger charge is -2.13. The molecule has 0 saturated carbocycles. The Morgan fingerprint density at radius 3 is 2.69 bits per heavy atom. The molecule has 0 aliphatic rings. The van der Waals surface area contributed by atoms with Gasteiger partial charge < -0.3 is 9.84 Å². The van der Waals surface area contributed by atoms with Crippen molar-refractivity contribution in [1.29, 1.82) is 5.26 Å². The van der Waals surface area contributed by atoms with E-state index in [9.17, 15) is 4.79 Å². The van der Waals surface area contributed by atoms with Gasteiger partial charge in [-0.25, -0.2) is 0 Å². The Balaban J connectivity index is 3.65. The van der Waals surface area contributed by atoms with Gasteiger partial charge in [0.25, 0.3) is 0 Å². The maximum absolute atomic E-state index is 10.9. The standard InChI is InChI=1S/C9H15NO3/c1-9(2,7-10)4-3-8(12)13-6-5-11/h11H,3-6H2,1-2H3. The molecule has 0 unspecified atom stereocenters. The minimum atomic E-state index is -0.488. The van der Waals surface area contributed by atoms with E-state index >= 15 is 0 Å². The SMILES string of the molecule is CC(C)(C#N)CCC(=O)OCCO. The summed E-state index contributed by atoms with van der Waals surface area (Å²) in [5.41, 5.74) is -0.488. The average molecular weight is 185 g/mol. The zero-order valence-electron chi connectivity index (χ0n) is 8.04. The summed E-state index contributed by atoms with van der Waals surface area (Å²) in [5.74, 6) is -0.364. The van der Waals surface area contributed by atoms with Gasteiger partial charge in [-0.2, -0.15) is 5.26 Å². The number of nitriles is 1. The maximum atomic E-state index is 10.9. The molecule has 0 saturated heterocycles. The first kappa shape index (κ1) is 11.9. The second-order valence-corrected chi connectivity index (χ2v) is 3.44. The van der Waals surface area contributed by atoms with Gasteiger partial charge in [0.15, 0.2) is 0 Å². The van der Waals surface area contributed by atoms with Gasteiger partial charge in [-0.3, -0.25) is 4.79 Å². The van der Waals surface area contributed by atoms with Gasteiger partial charge in [0.2, 0.25) is 0 Å². The first-order chi connectivity index (χ1) is 6.02. The van der Waals surface area contributed by atoms with Crippen LogP contribution >= 0.6 is 0 Å². The molecule has 0 atom stereocenters. The summed E-state index contributed by atoms with van der Waals surface area (Å²) >= 11 is 0. The third kappa shape index (κ3) is 6.12. The Labute approximate surface area is 78.1 Å². The quantitative estimate of drug-likeness (QED) is 0.644. The van der Waals surface area contributed by atoms with Crippen LogP contribution in [0, 0.1) is 16.7 Å². The molecule has 0 amide bonds. The molecule has 0 rings (SSSR count). The Hall–Kier alpha value is -1.08. The second kappa shape index (κ2) is 5.55. The molecule has 4 nitrogen and oxygen atoms in total. The molecule has 0 heterocycles. The molecule has 0 aliphatic carbocycles. The first-order valence-corrected chi connectivity index (χ1v) is 4.19. The lowest BCUT2D eigenvalue weighted by atomic mass is 9.90. The number of hydrogen-bond donors (Lipinski definition) is 1. The highest BCUT2D eigenvalue weighted by Crippen LogP contribution is 2.20. The van der Waals surface area contributed by atoms with Crippen molar-refractivity contribution in [3.05, 3.63) is 0 Å². The van der Waals surface area contributed by atoms with Gasteiger partial charge in [-0.05, 0) is 20.3 Å². The minimum absolute atomic E-state index is 0.0335. The average Bonchev–Trinajstić information content (AvgIpc) is 2.11. The van der Waals surface area contributed by atoms with Crippen LogP contribution in [-0.4, -0.2) is 24.3 Å². The van der Waals surface area contributed by atoms with Crippen LogP contribution in [0.1, 0.15) is 26.7 Å². The number of nitrogens with zero attached hydrogens (tertiary/aromatic N) is 1. The van der Waals surface area contributed by atoms with Crippen LogP contribution in [0.3, 0.4) is 0 Å². The molecule has 13 heavy (non-hydrogen) atoms. The van der Waals surface area contributed by atoms with Crippen molar-refractivity contribution in [3.63, 3.8) is 0 Å². The molecule has 0 fully saturated rings. The van der Waals surface area contributed by atoms with Crippen molar-refractivity contribution in [2.24, 2.45) is 5.41 Å². The largest absolute Gasteiger partial charge is 0.463 e. The van der Waals surface area contributed by atoms with Gasteiger partial charge >= 0.3 is 5.97 Å². The van der Waals surface area contributed by atoms with Crippen LogP contribution in [-0.2, 0) is 9.53 Å². The van der Waals surface area contributed by atoms with Crippen molar-refractivity contribution in [1.82, 2.24) is 0 Å². The van der Waals surface area contributed by atoms with Crippen LogP contribution in [0.2, 0.25) is 0 Å². The van der Waals surface area contributed by atoms with E-state index in [0.29, 0.717) is 6.42 Å². The fourth-order valence-corrected chi connectivity index (χ4v) is 0.702. The van der Waals surface area contributed by atoms with Gasteiger partial charge in [-0.1, -0.05) is 0 Å². The molecule has 74 valence electrons. The lowest BCUT2D eigenvalue weighted by molar-refractivity contribution is -0.145. The molecule has 0 aromatic carbocycles. The number of ether oxygens (including phenoxy) is 1. The van der Waals surface area contributed by atoms with Crippen LogP contribution in [0.15, 0.2) is 0 Å². The van der Waals surface area contributed by atoms with E-state index < -0.39 is 5.41 Å². The fraction of sp³-hybridized carbons (Fsp3) is 0.778. The summed E-state index contributed by atoms with van der Waals surface area (Å²) < 4.78 is 4.63. The van der Waals surface area contributed by atoms with E-state index in [0.717, 1.165) is 0 Å². The zero-order chi connectivity index (χ0) is 10.3. The van der Waals surface area contributed by atoms with Crippen LogP contribution < -0.4 is 0 Å². The Morgan fingerprint density at radius 1 is 1.62 bits per heavy atom. The third-order valence-corrected chi connectivity index (χ3v) is 1.61. The monoisotopic (exact) mass is 185 g/mol. The van der Waals surface area contributed by atoms with E-state index in [4.69, 9.17) is 10.4 Å². The maximum Gasteiger partial charge on any atom is 0.305 e. The van der Waals surface area contributed by atoms with E-state index in [1.807, 2.05) is 0 Å². The summed E-state index contributed by atoms with van der Waals surface area (Å²) in [7, 11) is 0. The molecule has 0 bridgehead atoms. The Bertz CT molecular complexity index is 205. The minimum Gasteiger partial charge on any atom is -0.463 e. The summed E-state index contributed by atoms with van der Waals surface area (Å²) in [5, 5.41) is 17.0. The van der Waals surface area contributed by atoms with Gasteiger partial charge in [0, 0.05) is 6.42 Å². The number of hydrogen-bond acceptors (Lipinski definition) is 4. The number of rotatable bonds is 5. The van der Waals surface area contributed by atoms with Crippen molar-refractivity contribution in [3.8, 4) is 6.07 Å². The molecule has 0 radical (unpaired) electrons. The molecule has 0 aromatic heterocycles. The number of carbonyl (C=O) groups is 1. The Morgan fingerprint density at radius 2 is 2.23 bits per heavy atom. The van der Waals surface area contributed by atoms with Gasteiger partial charge in [0.05, 0.1) is 18.1 Å². The van der Waals surface area contributed by atoms with Crippen molar-refractivity contribution in [2.45, 2.75) is 26.7 Å². The van der Waals surface area contributed by atoms with Crippen molar-refractivity contribution < 1.29 is 14.6 Å². The highest BCUT2D eigenvalue weighted by molar-refractivity contribution is 5.69. The summed E-state index contributed by atoms with van der Waals surface area (Å²) in [6.45, 7) is 3.41. The van der Waals surface area contributed by atoms with Gasteiger partial charge in [-0.15, -0.1) is 0 Å². The number of aliphatic hydroxyl groups excluding tert-OH is 1. The smallest absolute Gasteiger partial charge is 0.305 e. The molecular formula is C9H15NO3. The number of aliphatic hydroxyl groups is 1. The number of esters is 1. The van der Waals surface area contributed by atoms with E-state index in [1.165, 1.54) is 0 Å². The number of carbonyl (C=O) groups excluding carboxylic acids is 1. The van der Waals surface area contributed by atoms with Crippen LogP contribution in [0.25, 0.3) is 0 Å². The molecule has 0 aromatic rings. The van der Waals surface area contributed by atoms with E-state index in [2.05, 4.69) is 10.8 Å². The topological polar surface area (TPSA) is 70.3 Å². The fourth-order valence-electron chi connectivity index (χ4n) is 0.702. The molecule has 0 aliphatic heterocycles. The van der Waals surface area contributed by atoms with Crippen molar-refractivity contribution in [2.75, 3.05) is 13.2 Å². The summed E-state index contributed by atoms with van der Waals surface area (Å²) in [6.07, 6.45) is 0.703. The van der Waals surface area contributed by atoms with E-state index in [1.54, 1.807) is 13.8 Å². The normalized spacial score (nSPS) is 10.6. The van der Waals surface area contributed by atoms with Crippen molar-refractivity contribution >= 4 is 5.97 Å². The summed E-state index contributed by atoms with van der Waals surface area (Å²) in [4.78, 5) is 10.9. The third-order valence-electron chi connectivity index (χ3n) is 1.61. The molecule has 1 N–H and O–H groups in total. The second-order valence-electron chi connectivity index (χ2n) is 3.44. The predicted octanol–water partition coefficient (Wildman–Crippen LogP) is 0.852. The molecular weight excluding hydrogens is 170 g/mol. The zero-order valence-corrected chi connectivity index (χ0v) is 8.04. The molecule has 0 spiro atoms. The highest BCUT2D eigenvalue weighted by Gasteiger charge is 2.18. The lowest BCUT2D eigenvalue weighted by Crippen LogP contribution is -2.14. The van der Waals surface area contributed by atoms with Crippen LogP contribution in [0.4, 0.5) is 0 Å². The van der Waals surface area contributed by atoms with Gasteiger partial charge in [0.1, 0.15) is 6.61 Å².